The lowest BCUT2D eigenvalue weighted by Crippen LogP contribution is -2.55. The Balaban J connectivity index is 1.47. The van der Waals surface area contributed by atoms with Crippen molar-refractivity contribution < 1.29 is 28.8 Å². The third-order valence-corrected chi connectivity index (χ3v) is 10.5. The van der Waals surface area contributed by atoms with Gasteiger partial charge in [0.05, 0.1) is 12.7 Å². The molecule has 0 aromatic carbocycles. The fourth-order valence-corrected chi connectivity index (χ4v) is 8.73. The van der Waals surface area contributed by atoms with E-state index in [-0.39, 0.29) is 34.9 Å². The van der Waals surface area contributed by atoms with Crippen LogP contribution in [-0.4, -0.2) is 62.9 Å². The van der Waals surface area contributed by atoms with Gasteiger partial charge in [0.15, 0.2) is 5.79 Å². The van der Waals surface area contributed by atoms with Crippen LogP contribution in [0.2, 0.25) is 0 Å². The Morgan fingerprint density at radius 2 is 1.90 bits per heavy atom. The standard InChI is InChI=1S/C25H40O6/c1-17(30-16-26)22(15-27-3)10-8-19-18-6-11-23-14-24(28-4,29-5)12-13-25(23,31-23)20(18)7-9-21(19,22)2/h7,17-19,26H,6,8-16H2,1-5H3/t17-,18?,19?,21+,22+,23-,25-/m1/s1. The summed E-state index contributed by atoms with van der Waals surface area (Å²) in [7, 11) is 5.31. The van der Waals surface area contributed by atoms with Gasteiger partial charge in [-0.15, -0.1) is 0 Å². The SMILES string of the molecule is COC[C@]1([C@@H](C)OCO)CCC2C3CC[C@@]45CC(OC)(OC)CC[C@@]4(O5)C3=CC[C@@]21C. The van der Waals surface area contributed by atoms with Crippen LogP contribution >= 0.6 is 0 Å². The summed E-state index contributed by atoms with van der Waals surface area (Å²) >= 11 is 0. The van der Waals surface area contributed by atoms with Crippen molar-refractivity contribution in [2.24, 2.45) is 22.7 Å². The number of allylic oxidation sites excluding steroid dienone is 1. The fourth-order valence-electron chi connectivity index (χ4n) is 8.73. The third-order valence-electron chi connectivity index (χ3n) is 10.5. The molecule has 0 amide bonds. The lowest BCUT2D eigenvalue weighted by atomic mass is 9.50. The number of hydrogen-bond donors (Lipinski definition) is 1. The summed E-state index contributed by atoms with van der Waals surface area (Å²) in [5.41, 5.74) is 1.36. The Morgan fingerprint density at radius 1 is 1.13 bits per heavy atom. The summed E-state index contributed by atoms with van der Waals surface area (Å²) in [6.07, 6.45) is 10.7. The first kappa shape index (κ1) is 22.3. The normalized spacial score (nSPS) is 48.1. The zero-order valence-electron chi connectivity index (χ0n) is 19.9. The van der Waals surface area contributed by atoms with Gasteiger partial charge in [-0.3, -0.25) is 0 Å². The lowest BCUT2D eigenvalue weighted by molar-refractivity contribution is -0.229. The summed E-state index contributed by atoms with van der Waals surface area (Å²) in [5, 5.41) is 9.49. The highest BCUT2D eigenvalue weighted by molar-refractivity contribution is 5.43. The van der Waals surface area contributed by atoms with E-state index in [2.05, 4.69) is 19.9 Å². The molecule has 0 spiro atoms. The highest BCUT2D eigenvalue weighted by Crippen LogP contribution is 2.75. The highest BCUT2D eigenvalue weighted by Gasteiger charge is 2.79. The molecule has 5 rings (SSSR count). The molecule has 1 saturated heterocycles. The Kier molecular flexibility index (Phi) is 5.21. The molecule has 2 unspecified atom stereocenters. The van der Waals surface area contributed by atoms with Crippen molar-refractivity contribution in [3.8, 4) is 0 Å². The molecule has 0 aromatic heterocycles. The van der Waals surface area contributed by atoms with Gasteiger partial charge in [0.25, 0.3) is 0 Å². The molecule has 0 aromatic rings. The first-order valence-electron chi connectivity index (χ1n) is 12.0. The van der Waals surface area contributed by atoms with Crippen LogP contribution in [0, 0.1) is 22.7 Å². The van der Waals surface area contributed by atoms with Gasteiger partial charge in [0, 0.05) is 39.6 Å². The molecule has 1 N–H and O–H groups in total. The second-order valence-corrected chi connectivity index (χ2v) is 11.0. The minimum atomic E-state index is -0.505. The Labute approximate surface area is 186 Å². The van der Waals surface area contributed by atoms with E-state index < -0.39 is 5.79 Å². The van der Waals surface area contributed by atoms with Crippen LogP contribution in [0.5, 0.6) is 0 Å². The van der Waals surface area contributed by atoms with Crippen molar-refractivity contribution in [1.82, 2.24) is 0 Å². The topological polar surface area (TPSA) is 69.7 Å². The van der Waals surface area contributed by atoms with Crippen molar-refractivity contribution in [3.63, 3.8) is 0 Å². The van der Waals surface area contributed by atoms with E-state index in [0.29, 0.717) is 18.4 Å². The first-order valence-corrected chi connectivity index (χ1v) is 12.0. The zero-order valence-corrected chi connectivity index (χ0v) is 19.9. The maximum Gasteiger partial charge on any atom is 0.170 e. The summed E-state index contributed by atoms with van der Waals surface area (Å²) in [6.45, 7) is 5.00. The van der Waals surface area contributed by atoms with Gasteiger partial charge < -0.3 is 28.8 Å². The first-order chi connectivity index (χ1) is 14.8. The number of aliphatic hydroxyl groups is 1. The van der Waals surface area contributed by atoms with E-state index in [1.165, 1.54) is 6.42 Å². The summed E-state index contributed by atoms with van der Waals surface area (Å²) in [6, 6.07) is 0. The van der Waals surface area contributed by atoms with Crippen LogP contribution in [-0.2, 0) is 23.7 Å². The molecule has 7 atom stereocenters. The van der Waals surface area contributed by atoms with Crippen molar-refractivity contribution in [2.75, 3.05) is 34.7 Å². The Morgan fingerprint density at radius 3 is 2.58 bits per heavy atom. The third kappa shape index (κ3) is 2.66. The number of hydrogen-bond acceptors (Lipinski definition) is 6. The molecular weight excluding hydrogens is 396 g/mol. The van der Waals surface area contributed by atoms with Crippen LogP contribution < -0.4 is 0 Å². The number of aliphatic hydroxyl groups excluding tert-OH is 1. The van der Waals surface area contributed by atoms with Crippen LogP contribution in [0.3, 0.4) is 0 Å². The summed E-state index contributed by atoms with van der Waals surface area (Å²) in [5.74, 6) is 0.654. The molecular formula is C25H40O6. The Bertz CT molecular complexity index is 748. The smallest absolute Gasteiger partial charge is 0.170 e. The van der Waals surface area contributed by atoms with Crippen LogP contribution in [0.25, 0.3) is 0 Å². The van der Waals surface area contributed by atoms with E-state index in [1.807, 2.05) is 0 Å². The molecule has 4 fully saturated rings. The molecule has 1 aliphatic heterocycles. The minimum Gasteiger partial charge on any atom is -0.384 e. The number of ether oxygens (including phenoxy) is 5. The zero-order chi connectivity index (χ0) is 22.1. The number of fused-ring (bicyclic) bond motifs is 3. The van der Waals surface area contributed by atoms with E-state index in [0.717, 1.165) is 44.9 Å². The van der Waals surface area contributed by atoms with Crippen LogP contribution in [0.15, 0.2) is 11.6 Å². The van der Waals surface area contributed by atoms with Crippen molar-refractivity contribution in [1.29, 1.82) is 0 Å². The molecule has 0 radical (unpaired) electrons. The molecule has 3 saturated carbocycles. The van der Waals surface area contributed by atoms with Gasteiger partial charge in [0.2, 0.25) is 0 Å². The van der Waals surface area contributed by atoms with E-state index >= 15 is 0 Å². The number of methoxy groups -OCH3 is 3. The molecule has 0 bridgehead atoms. The number of rotatable bonds is 7. The van der Waals surface area contributed by atoms with Gasteiger partial charge in [0.1, 0.15) is 18.0 Å². The number of epoxide rings is 1. The largest absolute Gasteiger partial charge is 0.384 e. The average Bonchev–Trinajstić information content (AvgIpc) is 3.37. The molecule has 4 aliphatic carbocycles. The molecule has 176 valence electrons. The molecule has 6 nitrogen and oxygen atoms in total. The van der Waals surface area contributed by atoms with Gasteiger partial charge in [-0.1, -0.05) is 13.0 Å². The molecule has 31 heavy (non-hydrogen) atoms. The maximum absolute atomic E-state index is 9.49. The van der Waals surface area contributed by atoms with Crippen LogP contribution in [0.1, 0.15) is 65.2 Å². The second-order valence-electron chi connectivity index (χ2n) is 11.0. The predicted molar refractivity (Wildman–Crippen MR) is 115 cm³/mol. The van der Waals surface area contributed by atoms with Crippen molar-refractivity contribution in [2.45, 2.75) is 88.3 Å². The van der Waals surface area contributed by atoms with E-state index in [4.69, 9.17) is 23.7 Å². The summed E-state index contributed by atoms with van der Waals surface area (Å²) < 4.78 is 29.9. The minimum absolute atomic E-state index is 0.0425. The van der Waals surface area contributed by atoms with Gasteiger partial charge in [-0.25, -0.2) is 0 Å². The lowest BCUT2D eigenvalue weighted by Gasteiger charge is -2.55. The van der Waals surface area contributed by atoms with Gasteiger partial charge in [-0.2, -0.15) is 0 Å². The fraction of sp³-hybridized carbons (Fsp3) is 0.920. The molecule has 5 aliphatic rings. The van der Waals surface area contributed by atoms with Gasteiger partial charge in [-0.05, 0) is 68.3 Å². The molecule has 6 heteroatoms. The summed E-state index contributed by atoms with van der Waals surface area (Å²) in [4.78, 5) is 0. The van der Waals surface area contributed by atoms with Gasteiger partial charge >= 0.3 is 0 Å². The van der Waals surface area contributed by atoms with E-state index in [9.17, 15) is 5.11 Å². The molecule has 1 heterocycles. The van der Waals surface area contributed by atoms with Crippen molar-refractivity contribution in [3.05, 3.63) is 11.6 Å². The highest BCUT2D eigenvalue weighted by atomic mass is 16.7. The van der Waals surface area contributed by atoms with Crippen LogP contribution in [0.4, 0.5) is 0 Å². The second kappa shape index (κ2) is 7.25. The Hall–Kier alpha value is -0.500. The quantitative estimate of drug-likeness (QED) is 0.372. The van der Waals surface area contributed by atoms with Crippen molar-refractivity contribution >= 4 is 0 Å². The maximum atomic E-state index is 9.49. The monoisotopic (exact) mass is 436 g/mol. The van der Waals surface area contributed by atoms with E-state index in [1.54, 1.807) is 26.9 Å². The average molecular weight is 437 g/mol. The predicted octanol–water partition coefficient (Wildman–Crippen LogP) is 3.81.